The summed E-state index contributed by atoms with van der Waals surface area (Å²) in [6, 6.07) is 1.13. The minimum absolute atomic E-state index is 0.500. The van der Waals surface area contributed by atoms with E-state index in [4.69, 9.17) is 10.0 Å². The second kappa shape index (κ2) is 6.48. The number of nitrogens with one attached hydrogen (secondary N) is 2. The first-order chi connectivity index (χ1) is 7.13. The molecule has 0 saturated carbocycles. The lowest BCUT2D eigenvalue weighted by Gasteiger charge is -2.13. The zero-order valence-electron chi connectivity index (χ0n) is 9.74. The number of hydrogen-bond donors (Lipinski definition) is 4. The highest BCUT2D eigenvalue weighted by molar-refractivity contribution is 6.40. The molecule has 3 atom stereocenters. The number of likely N-dealkylation sites (N-methyl/N-ethyl adjacent to an activating group) is 1. The molecule has 0 spiro atoms. The molecule has 4 N–H and O–H groups in total. The van der Waals surface area contributed by atoms with Crippen molar-refractivity contribution in [2.45, 2.75) is 44.6 Å². The van der Waals surface area contributed by atoms with Gasteiger partial charge in [-0.15, -0.1) is 0 Å². The molecule has 1 rings (SSSR count). The Morgan fingerprint density at radius 1 is 1.47 bits per heavy atom. The van der Waals surface area contributed by atoms with Crippen LogP contribution in [0.25, 0.3) is 0 Å². The second-order valence-electron chi connectivity index (χ2n) is 4.62. The third-order valence-corrected chi connectivity index (χ3v) is 3.28. The summed E-state index contributed by atoms with van der Waals surface area (Å²) in [4.78, 5) is 0. The largest absolute Gasteiger partial charge is 0.451 e. The average Bonchev–Trinajstić information content (AvgIpc) is 2.47. The average molecular weight is 214 g/mol. The van der Waals surface area contributed by atoms with E-state index in [9.17, 15) is 0 Å². The zero-order chi connectivity index (χ0) is 11.3. The number of rotatable bonds is 6. The fraction of sp³-hybridized carbons (Fsp3) is 1.00. The van der Waals surface area contributed by atoms with Gasteiger partial charge in [0.15, 0.2) is 0 Å². The van der Waals surface area contributed by atoms with E-state index in [1.807, 2.05) is 7.05 Å². The quantitative estimate of drug-likeness (QED) is 0.463. The van der Waals surface area contributed by atoms with Gasteiger partial charge in [-0.05, 0) is 39.1 Å². The van der Waals surface area contributed by atoms with Gasteiger partial charge in [0.1, 0.15) is 0 Å². The molecule has 1 fully saturated rings. The third kappa shape index (κ3) is 4.51. The van der Waals surface area contributed by atoms with Gasteiger partial charge in [-0.3, -0.25) is 0 Å². The van der Waals surface area contributed by atoms with Gasteiger partial charge in [0.2, 0.25) is 0 Å². The molecule has 88 valence electrons. The summed E-state index contributed by atoms with van der Waals surface area (Å²) in [5, 5.41) is 24.3. The summed E-state index contributed by atoms with van der Waals surface area (Å²) in [7, 11) is 0.838. The standard InChI is InChI=1S/C10H23BN2O2/c1-8-9(4-3-5-11(14)15)6-10(13-8)7-12-2/h8-10,12-15H,3-7H2,1-2H3. The predicted octanol–water partition coefficient (Wildman–Crippen LogP) is -0.175. The molecule has 5 heteroatoms. The van der Waals surface area contributed by atoms with Gasteiger partial charge in [-0.25, -0.2) is 0 Å². The molecule has 0 aliphatic carbocycles. The molecule has 0 amide bonds. The molecule has 1 saturated heterocycles. The van der Waals surface area contributed by atoms with Crippen LogP contribution in [0, 0.1) is 5.92 Å². The lowest BCUT2D eigenvalue weighted by atomic mass is 9.81. The highest BCUT2D eigenvalue weighted by Crippen LogP contribution is 2.25. The van der Waals surface area contributed by atoms with Crippen LogP contribution in [-0.2, 0) is 0 Å². The Labute approximate surface area is 92.6 Å². The summed E-state index contributed by atoms with van der Waals surface area (Å²) in [5.74, 6) is 0.682. The lowest BCUT2D eigenvalue weighted by Crippen LogP contribution is -2.35. The van der Waals surface area contributed by atoms with Crippen LogP contribution in [0.15, 0.2) is 0 Å². The van der Waals surface area contributed by atoms with Gasteiger partial charge >= 0.3 is 7.12 Å². The van der Waals surface area contributed by atoms with Crippen molar-refractivity contribution in [3.8, 4) is 0 Å². The molecule has 1 aliphatic rings. The van der Waals surface area contributed by atoms with Crippen LogP contribution in [0.1, 0.15) is 26.2 Å². The van der Waals surface area contributed by atoms with E-state index in [0.29, 0.717) is 24.3 Å². The van der Waals surface area contributed by atoms with Gasteiger partial charge in [-0.2, -0.15) is 0 Å². The van der Waals surface area contributed by atoms with Crippen molar-refractivity contribution in [1.29, 1.82) is 0 Å². The second-order valence-corrected chi connectivity index (χ2v) is 4.62. The smallest absolute Gasteiger partial charge is 0.427 e. The van der Waals surface area contributed by atoms with E-state index >= 15 is 0 Å². The molecular weight excluding hydrogens is 191 g/mol. The monoisotopic (exact) mass is 214 g/mol. The summed E-state index contributed by atoms with van der Waals surface area (Å²) in [6.45, 7) is 3.24. The van der Waals surface area contributed by atoms with E-state index in [1.54, 1.807) is 0 Å². The van der Waals surface area contributed by atoms with E-state index in [2.05, 4.69) is 17.6 Å². The van der Waals surface area contributed by atoms with E-state index < -0.39 is 7.12 Å². The molecule has 15 heavy (non-hydrogen) atoms. The van der Waals surface area contributed by atoms with Gasteiger partial charge in [0.05, 0.1) is 0 Å². The Kier molecular flexibility index (Phi) is 5.60. The Morgan fingerprint density at radius 2 is 2.20 bits per heavy atom. The Balaban J connectivity index is 2.19. The molecule has 1 heterocycles. The SMILES string of the molecule is CNCC1CC(CCCB(O)O)C(C)N1. The van der Waals surface area contributed by atoms with Crippen LogP contribution in [0.3, 0.4) is 0 Å². The summed E-state index contributed by atoms with van der Waals surface area (Å²) in [5.41, 5.74) is 0. The first-order valence-electron chi connectivity index (χ1n) is 5.90. The molecule has 0 aromatic carbocycles. The molecule has 0 bridgehead atoms. The van der Waals surface area contributed by atoms with Crippen molar-refractivity contribution >= 4 is 7.12 Å². The normalized spacial score (nSPS) is 30.8. The first-order valence-corrected chi connectivity index (χ1v) is 5.90. The lowest BCUT2D eigenvalue weighted by molar-refractivity contribution is 0.389. The Bertz CT molecular complexity index is 181. The van der Waals surface area contributed by atoms with Gasteiger partial charge in [0.25, 0.3) is 0 Å². The van der Waals surface area contributed by atoms with Crippen molar-refractivity contribution in [1.82, 2.24) is 10.6 Å². The highest BCUT2D eigenvalue weighted by atomic mass is 16.4. The number of hydrogen-bond acceptors (Lipinski definition) is 4. The van der Waals surface area contributed by atoms with Gasteiger partial charge in [-0.1, -0.05) is 6.42 Å². The minimum Gasteiger partial charge on any atom is -0.427 e. The molecule has 1 aliphatic heterocycles. The third-order valence-electron chi connectivity index (χ3n) is 3.28. The van der Waals surface area contributed by atoms with Crippen LogP contribution in [-0.4, -0.2) is 42.8 Å². The molecule has 0 aromatic heterocycles. The summed E-state index contributed by atoms with van der Waals surface area (Å²) in [6.07, 6.45) is 3.69. The van der Waals surface area contributed by atoms with Crippen molar-refractivity contribution in [2.75, 3.05) is 13.6 Å². The Morgan fingerprint density at radius 3 is 2.80 bits per heavy atom. The maximum atomic E-state index is 8.76. The molecule has 0 aromatic rings. The summed E-state index contributed by atoms with van der Waals surface area (Å²) < 4.78 is 0. The molecule has 0 radical (unpaired) electrons. The summed E-state index contributed by atoms with van der Waals surface area (Å²) >= 11 is 0. The molecule has 4 nitrogen and oxygen atoms in total. The van der Waals surface area contributed by atoms with Gasteiger partial charge < -0.3 is 20.7 Å². The molecular formula is C10H23BN2O2. The van der Waals surface area contributed by atoms with E-state index in [1.165, 1.54) is 6.42 Å². The van der Waals surface area contributed by atoms with Crippen molar-refractivity contribution < 1.29 is 10.0 Å². The first kappa shape index (κ1) is 13.0. The fourth-order valence-electron chi connectivity index (χ4n) is 2.46. The van der Waals surface area contributed by atoms with Crippen LogP contribution in [0.2, 0.25) is 6.32 Å². The fourth-order valence-corrected chi connectivity index (χ4v) is 2.46. The van der Waals surface area contributed by atoms with Crippen LogP contribution in [0.5, 0.6) is 0 Å². The van der Waals surface area contributed by atoms with Crippen molar-refractivity contribution in [2.24, 2.45) is 5.92 Å². The van der Waals surface area contributed by atoms with Crippen LogP contribution >= 0.6 is 0 Å². The maximum Gasteiger partial charge on any atom is 0.451 e. The van der Waals surface area contributed by atoms with Crippen molar-refractivity contribution in [3.63, 3.8) is 0 Å². The van der Waals surface area contributed by atoms with Crippen LogP contribution < -0.4 is 10.6 Å². The predicted molar refractivity (Wildman–Crippen MR) is 62.7 cm³/mol. The van der Waals surface area contributed by atoms with E-state index in [-0.39, 0.29) is 0 Å². The minimum atomic E-state index is -1.14. The Hall–Kier alpha value is -0.0951. The highest BCUT2D eigenvalue weighted by Gasteiger charge is 2.29. The molecule has 3 unspecified atom stereocenters. The van der Waals surface area contributed by atoms with Gasteiger partial charge in [0, 0.05) is 18.6 Å². The van der Waals surface area contributed by atoms with Crippen LogP contribution in [0.4, 0.5) is 0 Å². The van der Waals surface area contributed by atoms with E-state index in [0.717, 1.165) is 19.4 Å². The van der Waals surface area contributed by atoms with Crippen molar-refractivity contribution in [3.05, 3.63) is 0 Å². The maximum absolute atomic E-state index is 8.76. The topological polar surface area (TPSA) is 64.5 Å². The zero-order valence-corrected chi connectivity index (χ0v) is 9.74.